The van der Waals surface area contributed by atoms with Gasteiger partial charge in [0, 0.05) is 0 Å². The maximum atomic E-state index is 2.44. The predicted molar refractivity (Wildman–Crippen MR) is 54.1 cm³/mol. The van der Waals surface area contributed by atoms with Crippen LogP contribution in [0.25, 0.3) is 0 Å². The van der Waals surface area contributed by atoms with E-state index in [-0.39, 0.29) is 0 Å². The van der Waals surface area contributed by atoms with Crippen LogP contribution >= 0.6 is 0 Å². The SMILES string of the molecule is CCCN1[B]N(CCC)CCC1. The second-order valence-electron chi connectivity index (χ2n) is 3.54. The summed E-state index contributed by atoms with van der Waals surface area (Å²) in [6.45, 7) is 9.45. The quantitative estimate of drug-likeness (QED) is 0.583. The maximum Gasteiger partial charge on any atom is 0.313 e. The first kappa shape index (κ1) is 10.1. The van der Waals surface area contributed by atoms with Crippen LogP contribution in [0.15, 0.2) is 0 Å². The van der Waals surface area contributed by atoms with Crippen molar-refractivity contribution in [2.45, 2.75) is 33.1 Å². The van der Waals surface area contributed by atoms with Gasteiger partial charge in [-0.3, -0.25) is 0 Å². The van der Waals surface area contributed by atoms with Gasteiger partial charge < -0.3 is 9.62 Å². The van der Waals surface area contributed by atoms with Crippen molar-refractivity contribution in [1.29, 1.82) is 0 Å². The molecule has 12 heavy (non-hydrogen) atoms. The van der Waals surface area contributed by atoms with Gasteiger partial charge in [0.15, 0.2) is 0 Å². The lowest BCUT2D eigenvalue weighted by molar-refractivity contribution is 0.298. The van der Waals surface area contributed by atoms with Gasteiger partial charge in [-0.2, -0.15) is 0 Å². The zero-order valence-electron chi connectivity index (χ0n) is 8.42. The van der Waals surface area contributed by atoms with Gasteiger partial charge in [0.2, 0.25) is 0 Å². The van der Waals surface area contributed by atoms with Crippen molar-refractivity contribution in [2.24, 2.45) is 0 Å². The Bertz CT molecular complexity index is 103. The summed E-state index contributed by atoms with van der Waals surface area (Å²) in [6.07, 6.45) is 3.85. The third kappa shape index (κ3) is 3.15. The normalized spacial score (nSPS) is 20.8. The van der Waals surface area contributed by atoms with E-state index < -0.39 is 0 Å². The van der Waals surface area contributed by atoms with E-state index in [4.69, 9.17) is 0 Å². The summed E-state index contributed by atoms with van der Waals surface area (Å²) in [6, 6.07) is 0. The minimum Gasteiger partial charge on any atom is -0.332 e. The van der Waals surface area contributed by atoms with E-state index in [9.17, 15) is 0 Å². The highest BCUT2D eigenvalue weighted by atomic mass is 15.2. The molecule has 0 amide bonds. The molecule has 1 aliphatic rings. The van der Waals surface area contributed by atoms with Gasteiger partial charge >= 0.3 is 7.55 Å². The molecule has 0 atom stereocenters. The second kappa shape index (κ2) is 5.60. The monoisotopic (exact) mass is 167 g/mol. The van der Waals surface area contributed by atoms with Gasteiger partial charge in [0.05, 0.1) is 0 Å². The van der Waals surface area contributed by atoms with Crippen molar-refractivity contribution in [3.05, 3.63) is 0 Å². The molecular formula is C9H20BN2. The Morgan fingerprint density at radius 1 is 1.00 bits per heavy atom. The van der Waals surface area contributed by atoms with Gasteiger partial charge in [-0.25, -0.2) is 0 Å². The molecular weight excluding hydrogens is 147 g/mol. The van der Waals surface area contributed by atoms with Crippen LogP contribution in [0, 0.1) is 0 Å². The van der Waals surface area contributed by atoms with Gasteiger partial charge in [-0.15, -0.1) is 0 Å². The fourth-order valence-corrected chi connectivity index (χ4v) is 1.74. The van der Waals surface area contributed by atoms with Crippen molar-refractivity contribution in [2.75, 3.05) is 26.2 Å². The van der Waals surface area contributed by atoms with Crippen LogP contribution < -0.4 is 0 Å². The molecule has 3 heteroatoms. The van der Waals surface area contributed by atoms with Crippen LogP contribution in [0.5, 0.6) is 0 Å². The van der Waals surface area contributed by atoms with Crippen molar-refractivity contribution >= 4 is 7.55 Å². The van der Waals surface area contributed by atoms with Crippen molar-refractivity contribution < 1.29 is 0 Å². The summed E-state index contributed by atoms with van der Waals surface area (Å²) in [4.78, 5) is 4.89. The zero-order chi connectivity index (χ0) is 8.81. The highest BCUT2D eigenvalue weighted by molar-refractivity contribution is 6.28. The molecule has 2 nitrogen and oxygen atoms in total. The summed E-state index contributed by atoms with van der Waals surface area (Å²) in [7, 11) is 2.32. The van der Waals surface area contributed by atoms with E-state index in [1.807, 2.05) is 0 Å². The Kier molecular flexibility index (Phi) is 4.70. The van der Waals surface area contributed by atoms with Crippen molar-refractivity contribution in [3.63, 3.8) is 0 Å². The van der Waals surface area contributed by atoms with Crippen LogP contribution in [-0.4, -0.2) is 43.4 Å². The third-order valence-corrected chi connectivity index (χ3v) is 2.24. The lowest BCUT2D eigenvalue weighted by atomic mass is 9.97. The first-order chi connectivity index (χ1) is 5.86. The standard InChI is InChI=1S/C9H20BN2/c1-3-6-11-8-5-9-12(10-11)7-4-2/h3-9H2,1-2H3. The van der Waals surface area contributed by atoms with Gasteiger partial charge in [-0.1, -0.05) is 13.8 Å². The smallest absolute Gasteiger partial charge is 0.313 e. The first-order valence-electron chi connectivity index (χ1n) is 5.20. The topological polar surface area (TPSA) is 6.48 Å². The van der Waals surface area contributed by atoms with Crippen LogP contribution in [0.3, 0.4) is 0 Å². The van der Waals surface area contributed by atoms with E-state index >= 15 is 0 Å². The lowest BCUT2D eigenvalue weighted by Gasteiger charge is -2.33. The highest BCUT2D eigenvalue weighted by Gasteiger charge is 2.17. The molecule has 0 aromatic carbocycles. The third-order valence-electron chi connectivity index (χ3n) is 2.24. The largest absolute Gasteiger partial charge is 0.332 e. The fourth-order valence-electron chi connectivity index (χ4n) is 1.74. The predicted octanol–water partition coefficient (Wildman–Crippen LogP) is 1.35. The van der Waals surface area contributed by atoms with Gasteiger partial charge in [0.1, 0.15) is 0 Å². The molecule has 1 aliphatic heterocycles. The minimum atomic E-state index is 1.22. The fraction of sp³-hybridized carbons (Fsp3) is 1.00. The summed E-state index contributed by atoms with van der Waals surface area (Å²) < 4.78 is 0. The molecule has 1 heterocycles. The molecule has 0 bridgehead atoms. The zero-order valence-corrected chi connectivity index (χ0v) is 8.42. The number of hydrogen-bond donors (Lipinski definition) is 0. The average Bonchev–Trinajstić information content (AvgIpc) is 2.06. The second-order valence-corrected chi connectivity index (χ2v) is 3.54. The summed E-state index contributed by atoms with van der Waals surface area (Å²) in [5.41, 5.74) is 0. The number of hydrogen-bond acceptors (Lipinski definition) is 2. The van der Waals surface area contributed by atoms with Crippen LogP contribution in [0.1, 0.15) is 33.1 Å². The van der Waals surface area contributed by atoms with E-state index in [2.05, 4.69) is 31.0 Å². The summed E-state index contributed by atoms with van der Waals surface area (Å²) in [5.74, 6) is 0. The van der Waals surface area contributed by atoms with Crippen molar-refractivity contribution in [3.8, 4) is 0 Å². The lowest BCUT2D eigenvalue weighted by Crippen LogP contribution is -2.48. The molecule has 0 saturated carbocycles. The molecule has 1 fully saturated rings. The molecule has 0 N–H and O–H groups in total. The van der Waals surface area contributed by atoms with E-state index in [0.717, 1.165) is 0 Å². The molecule has 1 saturated heterocycles. The Labute approximate surface area is 77.2 Å². The van der Waals surface area contributed by atoms with Crippen LogP contribution in [0.4, 0.5) is 0 Å². The Balaban J connectivity index is 2.20. The van der Waals surface area contributed by atoms with Crippen LogP contribution in [0.2, 0.25) is 0 Å². The molecule has 0 unspecified atom stereocenters. The maximum absolute atomic E-state index is 2.44. The molecule has 69 valence electrons. The van der Waals surface area contributed by atoms with Crippen LogP contribution in [-0.2, 0) is 0 Å². The average molecular weight is 167 g/mol. The Morgan fingerprint density at radius 2 is 1.50 bits per heavy atom. The minimum absolute atomic E-state index is 1.22. The summed E-state index contributed by atoms with van der Waals surface area (Å²) in [5, 5.41) is 0. The van der Waals surface area contributed by atoms with Gasteiger partial charge in [-0.05, 0) is 45.4 Å². The van der Waals surface area contributed by atoms with Crippen molar-refractivity contribution in [1.82, 2.24) is 9.62 Å². The van der Waals surface area contributed by atoms with Gasteiger partial charge in [0.25, 0.3) is 0 Å². The molecule has 1 radical (unpaired) electrons. The highest BCUT2D eigenvalue weighted by Crippen LogP contribution is 2.04. The molecule has 0 aromatic rings. The van der Waals surface area contributed by atoms with E-state index in [0.29, 0.717) is 0 Å². The molecule has 0 aromatic heterocycles. The molecule has 1 rings (SSSR count). The summed E-state index contributed by atoms with van der Waals surface area (Å²) >= 11 is 0. The van der Waals surface area contributed by atoms with E-state index in [1.54, 1.807) is 0 Å². The Morgan fingerprint density at radius 3 is 1.92 bits per heavy atom. The Hall–Kier alpha value is -0.0151. The van der Waals surface area contributed by atoms with E-state index in [1.165, 1.54) is 45.4 Å². The number of rotatable bonds is 4. The molecule has 0 aliphatic carbocycles. The first-order valence-corrected chi connectivity index (χ1v) is 5.20. The number of nitrogens with zero attached hydrogens (tertiary/aromatic N) is 2. The molecule has 0 spiro atoms.